The molecule has 1 aliphatic heterocycles. The van der Waals surface area contributed by atoms with Gasteiger partial charge in [0.2, 0.25) is 15.6 Å². The zero-order valence-corrected chi connectivity index (χ0v) is 22.8. The molecule has 0 spiro atoms. The Morgan fingerprint density at radius 2 is 1.54 bits per heavy atom. The van der Waals surface area contributed by atoms with Crippen LogP contribution < -0.4 is 0 Å². The van der Waals surface area contributed by atoms with Gasteiger partial charge in [-0.2, -0.15) is 4.31 Å². The molecule has 3 atom stereocenters. The number of methoxy groups -OCH3 is 1. The molecule has 1 fully saturated rings. The maximum absolute atomic E-state index is 14.5. The molecule has 4 aromatic carbocycles. The summed E-state index contributed by atoms with van der Waals surface area (Å²) < 4.78 is 55.9. The number of rotatable bonds is 7. The Labute approximate surface area is 236 Å². The summed E-state index contributed by atoms with van der Waals surface area (Å²) in [5.74, 6) is -1.52. The highest BCUT2D eigenvalue weighted by Gasteiger charge is 2.64. The maximum Gasteiger partial charge on any atom is 0.345 e. The lowest BCUT2D eigenvalue weighted by molar-refractivity contribution is -0.384. The Balaban J connectivity index is 1.85. The van der Waals surface area contributed by atoms with Crippen LogP contribution in [0.4, 0.5) is 10.1 Å². The number of halogens is 1. The van der Waals surface area contributed by atoms with Crippen molar-refractivity contribution in [2.24, 2.45) is 0 Å². The third-order valence-electron chi connectivity index (χ3n) is 7.03. The molecular formula is C30H25FN2O7S. The normalized spacial score (nSPS) is 21.0. The molecule has 1 aliphatic rings. The van der Waals surface area contributed by atoms with E-state index < -0.39 is 44.6 Å². The van der Waals surface area contributed by atoms with Crippen LogP contribution in [0.2, 0.25) is 0 Å². The number of esters is 1. The summed E-state index contributed by atoms with van der Waals surface area (Å²) in [5, 5.41) is 11.4. The zero-order valence-electron chi connectivity index (χ0n) is 22.0. The van der Waals surface area contributed by atoms with Crippen molar-refractivity contribution in [3.63, 3.8) is 0 Å². The van der Waals surface area contributed by atoms with Gasteiger partial charge in [0.15, 0.2) is 6.23 Å². The van der Waals surface area contributed by atoms with E-state index in [1.165, 1.54) is 48.5 Å². The summed E-state index contributed by atoms with van der Waals surface area (Å²) in [6.07, 6.45) is -1.34. The van der Waals surface area contributed by atoms with Crippen molar-refractivity contribution >= 4 is 21.7 Å². The fraction of sp³-hybridized carbons (Fsp3) is 0.167. The number of carbonyl (C=O) groups excluding carboxylic acids is 1. The number of sulfonamides is 1. The van der Waals surface area contributed by atoms with Crippen LogP contribution in [-0.2, 0) is 29.9 Å². The molecule has 1 heterocycles. The third-order valence-corrected chi connectivity index (χ3v) is 8.86. The quantitative estimate of drug-likeness (QED) is 0.160. The van der Waals surface area contributed by atoms with E-state index in [4.69, 9.17) is 9.47 Å². The molecule has 210 valence electrons. The predicted octanol–water partition coefficient (Wildman–Crippen LogP) is 5.57. The SMILES string of the molecule is COC(=O)[C@@]1(c2ccc(F)cc2)O[C@H](c2ccccc2)N(S(=O)(=O)c2ccc(C)cc2)[C@@H]1c1ccc([N+](=O)[O-])cc1. The van der Waals surface area contributed by atoms with Crippen molar-refractivity contribution in [3.8, 4) is 0 Å². The van der Waals surface area contributed by atoms with Gasteiger partial charge in [-0.05, 0) is 47.9 Å². The lowest BCUT2D eigenvalue weighted by Gasteiger charge is -2.34. The van der Waals surface area contributed by atoms with Crippen LogP contribution in [0.15, 0.2) is 108 Å². The first-order valence-electron chi connectivity index (χ1n) is 12.5. The summed E-state index contributed by atoms with van der Waals surface area (Å²) in [6.45, 7) is 1.82. The minimum atomic E-state index is -4.41. The van der Waals surface area contributed by atoms with Crippen LogP contribution in [0.3, 0.4) is 0 Å². The molecule has 0 aromatic heterocycles. The summed E-state index contributed by atoms with van der Waals surface area (Å²) in [6, 6.07) is 23.4. The van der Waals surface area contributed by atoms with E-state index in [0.717, 1.165) is 29.1 Å². The lowest BCUT2D eigenvalue weighted by atomic mass is 9.83. The Hall–Kier alpha value is -4.45. The summed E-state index contributed by atoms with van der Waals surface area (Å²) in [7, 11) is -3.28. The van der Waals surface area contributed by atoms with Crippen molar-refractivity contribution in [3.05, 3.63) is 141 Å². The van der Waals surface area contributed by atoms with Gasteiger partial charge in [-0.15, -0.1) is 0 Å². The largest absolute Gasteiger partial charge is 0.467 e. The second-order valence-corrected chi connectivity index (χ2v) is 11.4. The Kier molecular flexibility index (Phi) is 7.43. The molecule has 41 heavy (non-hydrogen) atoms. The number of nitro benzene ring substituents is 1. The van der Waals surface area contributed by atoms with E-state index in [0.29, 0.717) is 5.56 Å². The van der Waals surface area contributed by atoms with E-state index in [9.17, 15) is 27.7 Å². The van der Waals surface area contributed by atoms with Crippen LogP contribution in [-0.4, -0.2) is 30.7 Å². The number of nitro groups is 1. The smallest absolute Gasteiger partial charge is 0.345 e. The molecule has 9 nitrogen and oxygen atoms in total. The highest BCUT2D eigenvalue weighted by molar-refractivity contribution is 7.89. The number of hydrogen-bond donors (Lipinski definition) is 0. The molecule has 0 amide bonds. The van der Waals surface area contributed by atoms with Gasteiger partial charge in [0, 0.05) is 12.1 Å². The Morgan fingerprint density at radius 1 is 0.927 bits per heavy atom. The fourth-order valence-corrected chi connectivity index (χ4v) is 6.74. The minimum absolute atomic E-state index is 0.0562. The second kappa shape index (κ2) is 10.8. The van der Waals surface area contributed by atoms with Gasteiger partial charge in [-0.1, -0.05) is 72.3 Å². The monoisotopic (exact) mass is 576 g/mol. The van der Waals surface area contributed by atoms with Gasteiger partial charge >= 0.3 is 5.97 Å². The van der Waals surface area contributed by atoms with Crippen molar-refractivity contribution in [2.45, 2.75) is 29.7 Å². The molecule has 0 N–H and O–H groups in total. The number of benzene rings is 4. The fourth-order valence-electron chi connectivity index (χ4n) is 5.05. The van der Waals surface area contributed by atoms with Gasteiger partial charge in [0.05, 0.1) is 23.0 Å². The molecule has 1 saturated heterocycles. The highest BCUT2D eigenvalue weighted by atomic mass is 32.2. The van der Waals surface area contributed by atoms with Crippen LogP contribution in [0.5, 0.6) is 0 Å². The van der Waals surface area contributed by atoms with Gasteiger partial charge in [-0.3, -0.25) is 10.1 Å². The van der Waals surface area contributed by atoms with Gasteiger partial charge in [-0.25, -0.2) is 17.6 Å². The van der Waals surface area contributed by atoms with E-state index in [2.05, 4.69) is 0 Å². The summed E-state index contributed by atoms with van der Waals surface area (Å²) in [5.41, 5.74) is -0.746. The first-order chi connectivity index (χ1) is 19.6. The number of carbonyl (C=O) groups is 1. The van der Waals surface area contributed by atoms with E-state index in [1.54, 1.807) is 42.5 Å². The number of non-ortho nitro benzene ring substituents is 1. The average molecular weight is 577 g/mol. The third kappa shape index (κ3) is 4.88. The molecule has 0 radical (unpaired) electrons. The van der Waals surface area contributed by atoms with E-state index in [1.807, 2.05) is 6.92 Å². The number of hydrogen-bond acceptors (Lipinski definition) is 7. The molecule has 5 rings (SSSR count). The molecule has 0 unspecified atom stereocenters. The molecule has 0 bridgehead atoms. The molecule has 11 heteroatoms. The number of aryl methyl sites for hydroxylation is 1. The molecular weight excluding hydrogens is 551 g/mol. The molecule has 0 saturated carbocycles. The molecule has 0 aliphatic carbocycles. The van der Waals surface area contributed by atoms with Crippen molar-refractivity contribution in [1.82, 2.24) is 4.31 Å². The number of nitrogens with zero attached hydrogens (tertiary/aromatic N) is 2. The van der Waals surface area contributed by atoms with Crippen LogP contribution in [0, 0.1) is 22.9 Å². The van der Waals surface area contributed by atoms with Crippen LogP contribution in [0.1, 0.15) is 34.5 Å². The first-order valence-corrected chi connectivity index (χ1v) is 14.0. The minimum Gasteiger partial charge on any atom is -0.467 e. The maximum atomic E-state index is 14.5. The summed E-state index contributed by atoms with van der Waals surface area (Å²) >= 11 is 0. The van der Waals surface area contributed by atoms with E-state index >= 15 is 0 Å². The first kappa shape index (κ1) is 28.1. The van der Waals surface area contributed by atoms with E-state index in [-0.39, 0.29) is 21.7 Å². The average Bonchev–Trinajstić information content (AvgIpc) is 3.36. The topological polar surface area (TPSA) is 116 Å². The number of ether oxygens (including phenoxy) is 2. The van der Waals surface area contributed by atoms with Crippen LogP contribution >= 0.6 is 0 Å². The van der Waals surface area contributed by atoms with Gasteiger partial charge < -0.3 is 9.47 Å². The van der Waals surface area contributed by atoms with Crippen molar-refractivity contribution in [1.29, 1.82) is 0 Å². The Bertz CT molecular complexity index is 1680. The predicted molar refractivity (Wildman–Crippen MR) is 146 cm³/mol. The zero-order chi connectivity index (χ0) is 29.4. The van der Waals surface area contributed by atoms with Gasteiger partial charge in [0.1, 0.15) is 5.82 Å². The van der Waals surface area contributed by atoms with Crippen molar-refractivity contribution in [2.75, 3.05) is 7.11 Å². The summed E-state index contributed by atoms with van der Waals surface area (Å²) in [4.78, 5) is 24.6. The van der Waals surface area contributed by atoms with Crippen LogP contribution in [0.25, 0.3) is 0 Å². The standard InChI is InChI=1S/C30H25FN2O7S/c1-20-8-18-26(19-9-20)41(37,38)32-27(21-10-16-25(17-11-21)33(35)36)30(29(34)39-2,23-12-14-24(31)15-13-23)40-28(32)22-6-4-3-5-7-22/h3-19,27-28H,1-2H3/t27-,28-,30+/m1/s1. The highest BCUT2D eigenvalue weighted by Crippen LogP contribution is 2.57. The van der Waals surface area contributed by atoms with Crippen molar-refractivity contribution < 1.29 is 32.0 Å². The van der Waals surface area contributed by atoms with Gasteiger partial charge in [0.25, 0.3) is 5.69 Å². The Morgan fingerprint density at radius 3 is 2.10 bits per heavy atom. The lowest BCUT2D eigenvalue weighted by Crippen LogP contribution is -2.45. The molecule has 4 aromatic rings. The second-order valence-electron chi connectivity index (χ2n) is 9.51.